The van der Waals surface area contributed by atoms with Crippen LogP contribution in [0.4, 0.5) is 0 Å². The van der Waals surface area contributed by atoms with E-state index in [0.717, 1.165) is 25.1 Å². The molecule has 0 amide bonds. The minimum Gasteiger partial charge on any atom is -0.480 e. The number of nitrogens with one attached hydrogen (secondary N) is 1. The number of carbonyl (C=O) groups is 1. The topological polar surface area (TPSA) is 69.6 Å². The van der Waals surface area contributed by atoms with Gasteiger partial charge in [-0.15, -0.1) is 0 Å². The monoisotopic (exact) mass is 263 g/mol. The average molecular weight is 263 g/mol. The molecule has 0 aromatic rings. The van der Waals surface area contributed by atoms with Gasteiger partial charge in [-0.2, -0.15) is 11.8 Å². The van der Waals surface area contributed by atoms with Crippen LogP contribution in [0, 0.1) is 0 Å². The molecule has 0 aromatic heterocycles. The molecule has 0 aromatic carbocycles. The van der Waals surface area contributed by atoms with Gasteiger partial charge in [0.05, 0.1) is 0 Å². The van der Waals surface area contributed by atoms with Crippen molar-refractivity contribution in [3.05, 3.63) is 0 Å². The number of carboxylic acids is 1. The number of aliphatic hydroxyl groups is 1. The van der Waals surface area contributed by atoms with E-state index < -0.39 is 11.5 Å². The van der Waals surface area contributed by atoms with Crippen molar-refractivity contribution in [1.29, 1.82) is 0 Å². The molecule has 0 aliphatic heterocycles. The van der Waals surface area contributed by atoms with Crippen molar-refractivity contribution in [2.75, 3.05) is 18.9 Å². The fourth-order valence-corrected chi connectivity index (χ4v) is 2.77. The van der Waals surface area contributed by atoms with Gasteiger partial charge in [0.25, 0.3) is 0 Å². The van der Waals surface area contributed by atoms with Crippen LogP contribution in [0.1, 0.15) is 40.0 Å². The van der Waals surface area contributed by atoms with E-state index in [2.05, 4.69) is 5.32 Å². The van der Waals surface area contributed by atoms with E-state index in [4.69, 9.17) is 5.11 Å². The molecule has 0 bridgehead atoms. The number of aliphatic hydroxyl groups excluding tert-OH is 1. The first-order valence-electron chi connectivity index (χ1n) is 6.17. The summed E-state index contributed by atoms with van der Waals surface area (Å²) < 4.78 is 0. The maximum atomic E-state index is 11.3. The molecular formula is C12H25NO3S. The Morgan fingerprint density at radius 2 is 2.18 bits per heavy atom. The Morgan fingerprint density at radius 1 is 1.53 bits per heavy atom. The second-order valence-corrected chi connectivity index (χ2v) is 6.07. The predicted molar refractivity (Wildman–Crippen MR) is 72.6 cm³/mol. The Kier molecular flexibility index (Phi) is 8.64. The van der Waals surface area contributed by atoms with Gasteiger partial charge in [0.2, 0.25) is 0 Å². The molecular weight excluding hydrogens is 238 g/mol. The zero-order valence-corrected chi connectivity index (χ0v) is 11.8. The first kappa shape index (κ1) is 16.7. The first-order valence-corrected chi connectivity index (χ1v) is 7.22. The van der Waals surface area contributed by atoms with Crippen LogP contribution in [-0.4, -0.2) is 45.9 Å². The first-order chi connectivity index (χ1) is 7.96. The van der Waals surface area contributed by atoms with Crippen LogP contribution in [0.2, 0.25) is 0 Å². The van der Waals surface area contributed by atoms with E-state index in [-0.39, 0.29) is 11.9 Å². The standard InChI is InChI=1S/C12H25NO3S/c1-4-6-13-12(3,11(15)16)9-10(2)17-8-5-7-14/h10,13-14H,4-9H2,1-3H3,(H,15,16). The molecule has 0 saturated heterocycles. The number of rotatable bonds is 10. The number of hydrogen-bond donors (Lipinski definition) is 3. The third kappa shape index (κ3) is 6.91. The van der Waals surface area contributed by atoms with Gasteiger partial charge in [-0.3, -0.25) is 4.79 Å². The summed E-state index contributed by atoms with van der Waals surface area (Å²) in [5, 5.41) is 21.3. The molecule has 4 nitrogen and oxygen atoms in total. The largest absolute Gasteiger partial charge is 0.480 e. The summed E-state index contributed by atoms with van der Waals surface area (Å²) in [6.45, 7) is 6.72. The summed E-state index contributed by atoms with van der Waals surface area (Å²) in [7, 11) is 0. The summed E-state index contributed by atoms with van der Waals surface area (Å²) in [5.74, 6) is 0.0850. The van der Waals surface area contributed by atoms with Crippen LogP contribution in [0.3, 0.4) is 0 Å². The molecule has 0 aliphatic carbocycles. The van der Waals surface area contributed by atoms with Crippen LogP contribution in [-0.2, 0) is 4.79 Å². The summed E-state index contributed by atoms with van der Waals surface area (Å²) in [4.78, 5) is 11.3. The number of hydrogen-bond acceptors (Lipinski definition) is 4. The molecule has 2 atom stereocenters. The van der Waals surface area contributed by atoms with E-state index >= 15 is 0 Å². The second kappa shape index (κ2) is 8.78. The quantitative estimate of drug-likeness (QED) is 0.524. The van der Waals surface area contributed by atoms with Crippen LogP contribution in [0.5, 0.6) is 0 Å². The average Bonchev–Trinajstić information content (AvgIpc) is 2.26. The summed E-state index contributed by atoms with van der Waals surface area (Å²) in [6, 6.07) is 0. The second-order valence-electron chi connectivity index (χ2n) is 4.53. The van der Waals surface area contributed by atoms with E-state index in [0.29, 0.717) is 6.42 Å². The van der Waals surface area contributed by atoms with Crippen LogP contribution in [0.25, 0.3) is 0 Å². The number of carboxylic acid groups (broad SMARTS) is 1. The zero-order chi connectivity index (χ0) is 13.3. The molecule has 102 valence electrons. The minimum absolute atomic E-state index is 0.198. The van der Waals surface area contributed by atoms with E-state index in [1.807, 2.05) is 13.8 Å². The summed E-state index contributed by atoms with van der Waals surface area (Å²) >= 11 is 1.72. The van der Waals surface area contributed by atoms with Gasteiger partial charge in [0.1, 0.15) is 5.54 Å². The van der Waals surface area contributed by atoms with Crippen molar-refractivity contribution >= 4 is 17.7 Å². The van der Waals surface area contributed by atoms with Gasteiger partial charge in [0.15, 0.2) is 0 Å². The van der Waals surface area contributed by atoms with Crippen molar-refractivity contribution in [2.24, 2.45) is 0 Å². The van der Waals surface area contributed by atoms with Gasteiger partial charge >= 0.3 is 5.97 Å². The molecule has 3 N–H and O–H groups in total. The lowest BCUT2D eigenvalue weighted by Gasteiger charge is -2.29. The number of thioether (sulfide) groups is 1. The molecule has 0 heterocycles. The third-order valence-electron chi connectivity index (χ3n) is 2.64. The molecule has 0 aliphatic rings. The molecule has 0 radical (unpaired) electrons. The minimum atomic E-state index is -0.846. The van der Waals surface area contributed by atoms with E-state index in [1.54, 1.807) is 18.7 Å². The Hall–Kier alpha value is -0.260. The highest BCUT2D eigenvalue weighted by Gasteiger charge is 2.33. The smallest absolute Gasteiger partial charge is 0.323 e. The van der Waals surface area contributed by atoms with Crippen molar-refractivity contribution < 1.29 is 15.0 Å². The molecule has 0 saturated carbocycles. The highest BCUT2D eigenvalue weighted by molar-refractivity contribution is 7.99. The van der Waals surface area contributed by atoms with Crippen molar-refractivity contribution in [1.82, 2.24) is 5.32 Å². The van der Waals surface area contributed by atoms with Gasteiger partial charge < -0.3 is 15.5 Å². The summed E-state index contributed by atoms with van der Waals surface area (Å²) in [5.41, 5.74) is -0.846. The van der Waals surface area contributed by atoms with Gasteiger partial charge in [0, 0.05) is 11.9 Å². The van der Waals surface area contributed by atoms with Gasteiger partial charge in [-0.05, 0) is 38.5 Å². The number of aliphatic carboxylic acids is 1. The molecule has 0 spiro atoms. The molecule has 2 unspecified atom stereocenters. The maximum absolute atomic E-state index is 11.3. The van der Waals surface area contributed by atoms with Crippen molar-refractivity contribution in [3.8, 4) is 0 Å². The highest BCUT2D eigenvalue weighted by atomic mass is 32.2. The molecule has 0 rings (SSSR count). The summed E-state index contributed by atoms with van der Waals surface area (Å²) in [6.07, 6.45) is 2.29. The zero-order valence-electron chi connectivity index (χ0n) is 11.0. The van der Waals surface area contributed by atoms with E-state index in [9.17, 15) is 9.90 Å². The Bertz CT molecular complexity index is 226. The molecule has 5 heteroatoms. The SMILES string of the molecule is CCCNC(C)(CC(C)SCCCO)C(=O)O. The van der Waals surface area contributed by atoms with Crippen LogP contribution >= 0.6 is 11.8 Å². The third-order valence-corrected chi connectivity index (χ3v) is 3.90. The fourth-order valence-electron chi connectivity index (χ4n) is 1.62. The normalized spacial score (nSPS) is 16.5. The lowest BCUT2D eigenvalue weighted by atomic mass is 9.96. The Labute approximate surface area is 108 Å². The fraction of sp³-hybridized carbons (Fsp3) is 0.917. The Morgan fingerprint density at radius 3 is 2.65 bits per heavy atom. The van der Waals surface area contributed by atoms with E-state index in [1.165, 1.54) is 0 Å². The maximum Gasteiger partial charge on any atom is 0.323 e. The van der Waals surface area contributed by atoms with Crippen molar-refractivity contribution in [3.63, 3.8) is 0 Å². The van der Waals surface area contributed by atoms with Crippen LogP contribution in [0.15, 0.2) is 0 Å². The van der Waals surface area contributed by atoms with Gasteiger partial charge in [-0.25, -0.2) is 0 Å². The highest BCUT2D eigenvalue weighted by Crippen LogP contribution is 2.22. The molecule has 0 fully saturated rings. The van der Waals surface area contributed by atoms with Gasteiger partial charge in [-0.1, -0.05) is 13.8 Å². The lowest BCUT2D eigenvalue weighted by Crippen LogP contribution is -2.51. The lowest BCUT2D eigenvalue weighted by molar-refractivity contribution is -0.144. The van der Waals surface area contributed by atoms with Crippen molar-refractivity contribution in [2.45, 2.75) is 50.8 Å². The predicted octanol–water partition coefficient (Wildman–Crippen LogP) is 1.72. The Balaban J connectivity index is 4.18. The van der Waals surface area contributed by atoms with Crippen LogP contribution < -0.4 is 5.32 Å². The molecule has 17 heavy (non-hydrogen) atoms.